The van der Waals surface area contributed by atoms with E-state index in [1.807, 2.05) is 0 Å². The van der Waals surface area contributed by atoms with Gasteiger partial charge in [0.05, 0.1) is 25.4 Å². The lowest BCUT2D eigenvalue weighted by Crippen LogP contribution is -2.66. The van der Waals surface area contributed by atoms with Gasteiger partial charge >= 0.3 is 7.82 Å². The molecule has 3 aliphatic rings. The maximum atomic E-state index is 11.4. The maximum absolute atomic E-state index is 11.4. The van der Waals surface area contributed by atoms with Gasteiger partial charge < -0.3 is 74.3 Å². The van der Waals surface area contributed by atoms with Crippen LogP contribution in [0.4, 0.5) is 0 Å². The second-order valence-corrected chi connectivity index (χ2v) is 10.4. The van der Waals surface area contributed by atoms with Gasteiger partial charge in [-0.3, -0.25) is 4.52 Å². The quantitative estimate of drug-likeness (QED) is 0.123. The van der Waals surface area contributed by atoms with Crippen molar-refractivity contribution in [1.82, 2.24) is 0 Å². The number of ether oxygens (including phenoxy) is 5. The zero-order valence-corrected chi connectivity index (χ0v) is 20.7. The summed E-state index contributed by atoms with van der Waals surface area (Å²) >= 11 is 0. The molecular weight excluding hydrogens is 531 g/mol. The van der Waals surface area contributed by atoms with E-state index >= 15 is 0 Å². The minimum atomic E-state index is -5.24. The fourth-order valence-corrected chi connectivity index (χ4v) is 5.05. The molecule has 3 fully saturated rings. The molecule has 3 rings (SSSR count). The molecule has 0 radical (unpaired) electrons. The van der Waals surface area contributed by atoms with E-state index in [2.05, 4.69) is 4.52 Å². The topological polar surface area (TPSA) is 275 Å². The van der Waals surface area contributed by atoms with Crippen molar-refractivity contribution in [2.75, 3.05) is 13.2 Å². The number of aliphatic hydroxyl groups is 8. The first-order valence-electron chi connectivity index (χ1n) is 11.5. The normalized spacial score (nSPS) is 49.7. The highest BCUT2D eigenvalue weighted by Gasteiger charge is 2.54. The number of hydrogen-bond donors (Lipinski definition) is 10. The van der Waals surface area contributed by atoms with E-state index in [4.69, 9.17) is 33.5 Å². The predicted molar refractivity (Wildman–Crippen MR) is 114 cm³/mol. The van der Waals surface area contributed by atoms with E-state index < -0.39 is 113 Å². The van der Waals surface area contributed by atoms with E-state index in [0.29, 0.717) is 0 Å². The van der Waals surface area contributed by atoms with Crippen molar-refractivity contribution in [2.45, 2.75) is 106 Å². The van der Waals surface area contributed by atoms with Crippen molar-refractivity contribution in [3.05, 3.63) is 0 Å². The molecule has 15 atom stereocenters. The van der Waals surface area contributed by atoms with Crippen LogP contribution in [-0.2, 0) is 32.8 Å². The third-order valence-electron chi connectivity index (χ3n) is 6.55. The lowest BCUT2D eigenvalue weighted by molar-refractivity contribution is -0.367. The van der Waals surface area contributed by atoms with Crippen LogP contribution in [0.1, 0.15) is 13.8 Å². The van der Waals surface area contributed by atoms with E-state index in [-0.39, 0.29) is 0 Å². The van der Waals surface area contributed by atoms with Crippen LogP contribution in [0.3, 0.4) is 0 Å². The summed E-state index contributed by atoms with van der Waals surface area (Å²) in [6.07, 6.45) is -23.4. The summed E-state index contributed by atoms with van der Waals surface area (Å²) < 4.78 is 43.6. The Labute approximate surface area is 210 Å². The first-order valence-corrected chi connectivity index (χ1v) is 13.0. The summed E-state index contributed by atoms with van der Waals surface area (Å²) in [5.41, 5.74) is 0. The van der Waals surface area contributed by atoms with Crippen LogP contribution in [0.25, 0.3) is 0 Å². The average Bonchev–Trinajstić information content (AvgIpc) is 2.83. The summed E-state index contributed by atoms with van der Waals surface area (Å²) in [4.78, 5) is 18.3. The van der Waals surface area contributed by atoms with E-state index in [9.17, 15) is 45.4 Å². The predicted octanol–water partition coefficient (Wildman–Crippen LogP) is -5.36. The lowest BCUT2D eigenvalue weighted by atomic mass is 9.94. The summed E-state index contributed by atoms with van der Waals surface area (Å²) in [6.45, 7) is 1.31. The van der Waals surface area contributed by atoms with Crippen molar-refractivity contribution in [3.63, 3.8) is 0 Å². The Kier molecular flexibility index (Phi) is 10.4. The van der Waals surface area contributed by atoms with E-state index in [0.717, 1.165) is 0 Å². The van der Waals surface area contributed by atoms with Gasteiger partial charge in [-0.05, 0) is 13.8 Å². The Hall–Kier alpha value is -0.410. The summed E-state index contributed by atoms with van der Waals surface area (Å²) in [7, 11) is -5.24. The van der Waals surface area contributed by atoms with E-state index in [1.165, 1.54) is 13.8 Å². The molecule has 0 aromatic carbocycles. The molecule has 17 nitrogen and oxygen atoms in total. The average molecular weight is 566 g/mol. The molecule has 3 aliphatic heterocycles. The zero-order valence-electron chi connectivity index (χ0n) is 19.9. The highest BCUT2D eigenvalue weighted by atomic mass is 31.2. The van der Waals surface area contributed by atoms with Crippen molar-refractivity contribution >= 4 is 7.82 Å². The number of hydrogen-bond acceptors (Lipinski definition) is 15. The molecule has 0 aromatic rings. The second kappa shape index (κ2) is 12.4. The molecule has 218 valence electrons. The Morgan fingerprint density at radius 2 is 1.14 bits per heavy atom. The molecule has 0 spiro atoms. The van der Waals surface area contributed by atoms with Gasteiger partial charge in [0.1, 0.15) is 67.1 Å². The van der Waals surface area contributed by atoms with Gasteiger partial charge in [0.2, 0.25) is 0 Å². The van der Waals surface area contributed by atoms with Gasteiger partial charge in [-0.15, -0.1) is 0 Å². The van der Waals surface area contributed by atoms with Crippen LogP contribution < -0.4 is 0 Å². The number of phosphoric acid groups is 1. The summed E-state index contributed by atoms with van der Waals surface area (Å²) in [6, 6.07) is 0. The van der Waals surface area contributed by atoms with Gasteiger partial charge in [0.15, 0.2) is 12.6 Å². The molecule has 0 unspecified atom stereocenters. The van der Waals surface area contributed by atoms with Crippen LogP contribution in [0.5, 0.6) is 0 Å². The summed E-state index contributed by atoms with van der Waals surface area (Å²) in [5.74, 6) is 0. The molecule has 3 heterocycles. The van der Waals surface area contributed by atoms with Crippen molar-refractivity contribution in [1.29, 1.82) is 0 Å². The van der Waals surface area contributed by atoms with Crippen molar-refractivity contribution in [2.24, 2.45) is 0 Å². The highest BCUT2D eigenvalue weighted by Crippen LogP contribution is 2.42. The minimum absolute atomic E-state index is 0.682. The largest absolute Gasteiger partial charge is 0.470 e. The minimum Gasteiger partial charge on any atom is -0.394 e. The second-order valence-electron chi connectivity index (χ2n) is 9.20. The van der Waals surface area contributed by atoms with Gasteiger partial charge in [-0.1, -0.05) is 0 Å². The monoisotopic (exact) mass is 566 g/mol. The third-order valence-corrected chi connectivity index (χ3v) is 7.06. The molecule has 18 heteroatoms. The van der Waals surface area contributed by atoms with Crippen molar-refractivity contribution in [3.8, 4) is 0 Å². The Morgan fingerprint density at radius 1 is 0.622 bits per heavy atom. The van der Waals surface area contributed by atoms with Crippen LogP contribution in [0.2, 0.25) is 0 Å². The van der Waals surface area contributed by atoms with Gasteiger partial charge in [0, 0.05) is 0 Å². The van der Waals surface area contributed by atoms with Crippen LogP contribution >= 0.6 is 7.82 Å². The molecule has 37 heavy (non-hydrogen) atoms. The summed E-state index contributed by atoms with van der Waals surface area (Å²) in [5, 5.41) is 81.2. The number of rotatable bonds is 8. The third kappa shape index (κ3) is 6.85. The smallest absolute Gasteiger partial charge is 0.394 e. The van der Waals surface area contributed by atoms with Crippen LogP contribution in [0, 0.1) is 0 Å². The van der Waals surface area contributed by atoms with Gasteiger partial charge in [-0.2, -0.15) is 0 Å². The molecule has 3 saturated heterocycles. The Morgan fingerprint density at radius 3 is 1.70 bits per heavy atom. The van der Waals surface area contributed by atoms with Gasteiger partial charge in [0.25, 0.3) is 0 Å². The SMILES string of the molecule is C[C@@H]1O[C@@H](O[C@H]2[C@H](O[C@@H]3O[C@H](CO)[C@H](O)[C@H](OP(=O)(O)O)[C@@H]3O)[C@@H](O)[C@@H](CO)O[C@@H]2C)[C@@H](O)[C@H](O)[C@@H]1O. The molecule has 0 amide bonds. The molecule has 0 saturated carbocycles. The van der Waals surface area contributed by atoms with Crippen LogP contribution in [-0.4, -0.2) is 156 Å². The maximum Gasteiger partial charge on any atom is 0.470 e. The van der Waals surface area contributed by atoms with Crippen molar-refractivity contribution < 1.29 is 83.4 Å². The standard InChI is InChI=1S/C19H35O17P/c1-5-9(22)12(25)13(26)18(32-5)34-15-6(2)31-7(3-20)11(24)17(15)35-19-14(27)16(36-37(28,29)30)10(23)8(4-21)33-19/h5-27H,3-4H2,1-2H3,(H2,28,29,30)/t5-,6+,7+,8+,9+,10-,11-,12+,13-,14-,15+,16-,17+,18-,19-/m0/s1. The first kappa shape index (κ1) is 31.1. The fraction of sp³-hybridized carbons (Fsp3) is 1.00. The Balaban J connectivity index is 1.86. The lowest BCUT2D eigenvalue weighted by Gasteiger charge is -2.49. The fourth-order valence-electron chi connectivity index (χ4n) is 4.49. The zero-order chi connectivity index (χ0) is 27.8. The molecule has 0 bridgehead atoms. The van der Waals surface area contributed by atoms with Crippen LogP contribution in [0.15, 0.2) is 0 Å². The number of aliphatic hydroxyl groups excluding tert-OH is 8. The molecule has 0 aliphatic carbocycles. The van der Waals surface area contributed by atoms with E-state index in [1.54, 1.807) is 0 Å². The number of phosphoric ester groups is 1. The molecular formula is C19H35O17P. The first-order chi connectivity index (χ1) is 17.2. The highest BCUT2D eigenvalue weighted by molar-refractivity contribution is 7.46. The van der Waals surface area contributed by atoms with Gasteiger partial charge in [-0.25, -0.2) is 4.57 Å². The Bertz CT molecular complexity index is 784. The molecule has 0 aromatic heterocycles. The molecule has 10 N–H and O–H groups in total.